The Kier molecular flexibility index (Phi) is 6.58. The summed E-state index contributed by atoms with van der Waals surface area (Å²) in [6.45, 7) is 6.94. The van der Waals surface area contributed by atoms with Gasteiger partial charge in [-0.05, 0) is 57.4 Å². The summed E-state index contributed by atoms with van der Waals surface area (Å²) in [5.41, 5.74) is 0.743. The number of alkyl carbamates (subject to hydrolysis) is 1. The van der Waals surface area contributed by atoms with Gasteiger partial charge in [0, 0.05) is 37.3 Å². The van der Waals surface area contributed by atoms with Gasteiger partial charge in [-0.3, -0.25) is 4.79 Å². The molecule has 1 saturated heterocycles. The van der Waals surface area contributed by atoms with Crippen LogP contribution in [0.25, 0.3) is 11.0 Å². The molecule has 10 heteroatoms. The van der Waals surface area contributed by atoms with E-state index in [4.69, 9.17) is 16.3 Å². The SMILES string of the molecule is Cn1cnc2cc(N3CCC[C@@H](NC(=O)OC(C)(C)C)C3)n(Cc3cc(F)ccc3Cl)c2c1=O. The minimum Gasteiger partial charge on any atom is -0.444 e. The van der Waals surface area contributed by atoms with Crippen molar-refractivity contribution in [2.75, 3.05) is 18.0 Å². The fourth-order valence-electron chi connectivity index (χ4n) is 4.25. The molecular weight excluding hydrogens is 461 g/mol. The number of amides is 1. The second kappa shape index (κ2) is 9.29. The molecule has 4 rings (SSSR count). The number of nitrogens with one attached hydrogen (secondary N) is 1. The first kappa shape index (κ1) is 24.1. The highest BCUT2D eigenvalue weighted by atomic mass is 35.5. The molecule has 0 aliphatic carbocycles. The molecule has 2 aromatic heterocycles. The number of aromatic nitrogens is 3. The van der Waals surface area contributed by atoms with Gasteiger partial charge in [0.05, 0.1) is 18.4 Å². The molecule has 182 valence electrons. The second-order valence-corrected chi connectivity index (χ2v) is 10.1. The minimum atomic E-state index is -0.583. The molecule has 0 unspecified atom stereocenters. The van der Waals surface area contributed by atoms with Crippen LogP contribution in [0, 0.1) is 5.82 Å². The van der Waals surface area contributed by atoms with Gasteiger partial charge < -0.3 is 24.1 Å². The first-order chi connectivity index (χ1) is 16.0. The fraction of sp³-hybridized carbons (Fsp3) is 0.458. The van der Waals surface area contributed by atoms with Gasteiger partial charge in [-0.15, -0.1) is 0 Å². The molecule has 1 fully saturated rings. The van der Waals surface area contributed by atoms with Crippen molar-refractivity contribution in [3.63, 3.8) is 0 Å². The van der Waals surface area contributed by atoms with Gasteiger partial charge in [0.1, 0.15) is 22.8 Å². The molecule has 1 atom stereocenters. The maximum Gasteiger partial charge on any atom is 0.407 e. The summed E-state index contributed by atoms with van der Waals surface area (Å²) < 4.78 is 22.6. The van der Waals surface area contributed by atoms with E-state index in [1.54, 1.807) is 7.05 Å². The highest BCUT2D eigenvalue weighted by Crippen LogP contribution is 2.29. The number of carbonyl (C=O) groups excluding carboxylic acids is 1. The van der Waals surface area contributed by atoms with Gasteiger partial charge in [-0.25, -0.2) is 14.2 Å². The molecule has 8 nitrogen and oxygen atoms in total. The molecule has 1 aromatic carbocycles. The van der Waals surface area contributed by atoms with Gasteiger partial charge in [0.15, 0.2) is 0 Å². The number of hydrogen-bond acceptors (Lipinski definition) is 5. The zero-order chi connectivity index (χ0) is 24.6. The molecule has 0 bridgehead atoms. The summed E-state index contributed by atoms with van der Waals surface area (Å²) in [4.78, 5) is 31.9. The van der Waals surface area contributed by atoms with Crippen LogP contribution in [0.5, 0.6) is 0 Å². The van der Waals surface area contributed by atoms with Crippen molar-refractivity contribution in [2.24, 2.45) is 7.05 Å². The van der Waals surface area contributed by atoms with Gasteiger partial charge >= 0.3 is 6.09 Å². The van der Waals surface area contributed by atoms with E-state index in [-0.39, 0.29) is 18.1 Å². The number of aryl methyl sites for hydroxylation is 1. The van der Waals surface area contributed by atoms with E-state index in [0.717, 1.165) is 25.2 Å². The number of benzene rings is 1. The number of ether oxygens (including phenoxy) is 1. The highest BCUT2D eigenvalue weighted by Gasteiger charge is 2.27. The Bertz CT molecular complexity index is 1280. The molecular formula is C24H29ClFN5O3. The number of nitrogens with zero attached hydrogens (tertiary/aromatic N) is 4. The maximum atomic E-state index is 14.0. The molecule has 34 heavy (non-hydrogen) atoms. The Labute approximate surface area is 202 Å². The van der Waals surface area contributed by atoms with E-state index in [1.165, 1.54) is 29.1 Å². The zero-order valence-electron chi connectivity index (χ0n) is 19.8. The smallest absolute Gasteiger partial charge is 0.407 e. The largest absolute Gasteiger partial charge is 0.444 e. The molecule has 0 saturated carbocycles. The van der Waals surface area contributed by atoms with Crippen molar-refractivity contribution in [2.45, 2.75) is 51.8 Å². The summed E-state index contributed by atoms with van der Waals surface area (Å²) in [5, 5.41) is 3.37. The number of carbonyl (C=O) groups is 1. The van der Waals surface area contributed by atoms with Crippen molar-refractivity contribution in [1.82, 2.24) is 19.4 Å². The lowest BCUT2D eigenvalue weighted by atomic mass is 10.1. The summed E-state index contributed by atoms with van der Waals surface area (Å²) in [6, 6.07) is 5.93. The van der Waals surface area contributed by atoms with Crippen molar-refractivity contribution >= 4 is 34.5 Å². The molecule has 0 spiro atoms. The number of anilines is 1. The molecule has 0 radical (unpaired) electrons. The van der Waals surface area contributed by atoms with Crippen LogP contribution >= 0.6 is 11.6 Å². The lowest BCUT2D eigenvalue weighted by molar-refractivity contribution is 0.0500. The molecule has 3 heterocycles. The van der Waals surface area contributed by atoms with Crippen LogP contribution in [-0.2, 0) is 18.3 Å². The number of hydrogen-bond donors (Lipinski definition) is 1. The third-order valence-electron chi connectivity index (χ3n) is 5.75. The van der Waals surface area contributed by atoms with Gasteiger partial charge in [-0.1, -0.05) is 11.6 Å². The van der Waals surface area contributed by atoms with E-state index in [9.17, 15) is 14.0 Å². The third-order valence-corrected chi connectivity index (χ3v) is 6.12. The molecule has 1 aliphatic heterocycles. The van der Waals surface area contributed by atoms with Crippen LogP contribution in [0.4, 0.5) is 15.0 Å². The van der Waals surface area contributed by atoms with Crippen LogP contribution in [0.3, 0.4) is 0 Å². The van der Waals surface area contributed by atoms with Crippen molar-refractivity contribution in [3.05, 3.63) is 57.3 Å². The number of piperidine rings is 1. The van der Waals surface area contributed by atoms with Crippen LogP contribution in [0.1, 0.15) is 39.2 Å². The Morgan fingerprint density at radius 3 is 2.82 bits per heavy atom. The van der Waals surface area contributed by atoms with Crippen LogP contribution < -0.4 is 15.8 Å². The molecule has 1 N–H and O–H groups in total. The average molecular weight is 490 g/mol. The monoisotopic (exact) mass is 489 g/mol. The molecule has 1 aliphatic rings. The second-order valence-electron chi connectivity index (χ2n) is 9.65. The first-order valence-electron chi connectivity index (χ1n) is 11.2. The lowest BCUT2D eigenvalue weighted by Gasteiger charge is -2.35. The van der Waals surface area contributed by atoms with E-state index < -0.39 is 17.5 Å². The first-order valence-corrected chi connectivity index (χ1v) is 11.6. The normalized spacial score (nSPS) is 16.6. The summed E-state index contributed by atoms with van der Waals surface area (Å²) in [6.07, 6.45) is 2.68. The summed E-state index contributed by atoms with van der Waals surface area (Å²) in [5.74, 6) is 0.366. The minimum absolute atomic E-state index is 0.122. The average Bonchev–Trinajstić information content (AvgIpc) is 3.11. The van der Waals surface area contributed by atoms with Gasteiger partial charge in [0.25, 0.3) is 5.56 Å². The summed E-state index contributed by atoms with van der Waals surface area (Å²) >= 11 is 6.35. The van der Waals surface area contributed by atoms with E-state index in [0.29, 0.717) is 28.2 Å². The summed E-state index contributed by atoms with van der Waals surface area (Å²) in [7, 11) is 1.64. The predicted molar refractivity (Wildman–Crippen MR) is 130 cm³/mol. The van der Waals surface area contributed by atoms with Crippen molar-refractivity contribution in [1.29, 1.82) is 0 Å². The number of fused-ring (bicyclic) bond motifs is 1. The van der Waals surface area contributed by atoms with E-state index in [1.807, 2.05) is 31.4 Å². The Balaban J connectivity index is 1.70. The van der Waals surface area contributed by atoms with Gasteiger partial charge in [0.2, 0.25) is 0 Å². The quantitative estimate of drug-likeness (QED) is 0.597. The molecule has 3 aromatic rings. The standard InChI is InChI=1S/C24H29ClFN5O3/c1-24(2,3)34-23(33)28-17-6-5-9-30(13-17)20-11-19-21(22(32)29(4)14-27-19)31(20)12-15-10-16(26)7-8-18(15)25/h7-8,10-11,14,17H,5-6,9,12-13H2,1-4H3,(H,28,33)/t17-/m1/s1. The molecule has 1 amide bonds. The van der Waals surface area contributed by atoms with E-state index >= 15 is 0 Å². The Morgan fingerprint density at radius 1 is 1.32 bits per heavy atom. The van der Waals surface area contributed by atoms with Gasteiger partial charge in [-0.2, -0.15) is 0 Å². The highest BCUT2D eigenvalue weighted by molar-refractivity contribution is 6.31. The van der Waals surface area contributed by atoms with Crippen molar-refractivity contribution < 1.29 is 13.9 Å². The number of rotatable bonds is 4. The Morgan fingerprint density at radius 2 is 2.09 bits per heavy atom. The van der Waals surface area contributed by atoms with Crippen LogP contribution in [0.2, 0.25) is 5.02 Å². The Hall–Kier alpha value is -3.07. The lowest BCUT2D eigenvalue weighted by Crippen LogP contribution is -2.49. The van der Waals surface area contributed by atoms with E-state index in [2.05, 4.69) is 15.2 Å². The topological polar surface area (TPSA) is 81.4 Å². The fourth-order valence-corrected chi connectivity index (χ4v) is 4.42. The maximum absolute atomic E-state index is 14.0. The third kappa shape index (κ3) is 5.19. The zero-order valence-corrected chi connectivity index (χ0v) is 20.5. The van der Waals surface area contributed by atoms with Crippen molar-refractivity contribution in [3.8, 4) is 0 Å². The predicted octanol–water partition coefficient (Wildman–Crippen LogP) is 4.07. The van der Waals surface area contributed by atoms with Crippen LogP contribution in [0.15, 0.2) is 35.4 Å². The number of halogens is 2. The van der Waals surface area contributed by atoms with Crippen LogP contribution in [-0.4, -0.2) is 44.9 Å².